The van der Waals surface area contributed by atoms with Crippen LogP contribution in [0.4, 0.5) is 5.95 Å². The van der Waals surface area contributed by atoms with Gasteiger partial charge in [0.05, 0.1) is 13.1 Å². The molecule has 3 saturated heterocycles. The Labute approximate surface area is 215 Å². The number of nitrogens with one attached hydrogen (secondary N) is 1. The third-order valence-corrected chi connectivity index (χ3v) is 8.06. The highest BCUT2D eigenvalue weighted by atomic mass is 79.9. The van der Waals surface area contributed by atoms with Crippen LogP contribution in [0.2, 0.25) is 0 Å². The molecule has 12 heteroatoms. The van der Waals surface area contributed by atoms with E-state index in [0.29, 0.717) is 22.2 Å². The van der Waals surface area contributed by atoms with Gasteiger partial charge in [0.2, 0.25) is 11.5 Å². The van der Waals surface area contributed by atoms with Gasteiger partial charge in [-0.05, 0) is 33.7 Å². The fourth-order valence-corrected chi connectivity index (χ4v) is 6.31. The molecular weight excluding hydrogens is 542 g/mol. The third-order valence-electron chi connectivity index (χ3n) is 6.70. The number of fused-ring (bicyclic) bond motifs is 3. The van der Waals surface area contributed by atoms with Gasteiger partial charge in [0, 0.05) is 29.9 Å². The predicted molar refractivity (Wildman–Crippen MR) is 122 cm³/mol. The highest BCUT2D eigenvalue weighted by molar-refractivity contribution is 7.08. The van der Waals surface area contributed by atoms with Crippen molar-refractivity contribution in [1.82, 2.24) is 15.0 Å². The second-order valence-electron chi connectivity index (χ2n) is 8.66. The average Bonchev–Trinajstić information content (AvgIpc) is 3.54. The molecule has 1 atom stereocenters. The maximum atomic E-state index is 13.4. The van der Waals surface area contributed by atoms with Crippen molar-refractivity contribution in [3.05, 3.63) is 57.4 Å². The topological polar surface area (TPSA) is 114 Å². The zero-order chi connectivity index (χ0) is 22.9. The van der Waals surface area contributed by atoms with Crippen LogP contribution in [0.5, 0.6) is 0 Å². The third kappa shape index (κ3) is 4.78. The number of rotatable bonds is 7. The summed E-state index contributed by atoms with van der Waals surface area (Å²) >= 11 is 2.84. The molecular formula is C22H24BrN5O4S2. The number of anilines is 1. The van der Waals surface area contributed by atoms with Crippen LogP contribution in [0.25, 0.3) is 0 Å². The van der Waals surface area contributed by atoms with Crippen molar-refractivity contribution in [3.63, 3.8) is 0 Å². The molecule has 2 bridgehead atoms. The van der Waals surface area contributed by atoms with E-state index in [9.17, 15) is 14.7 Å². The normalized spacial score (nSPS) is 23.7. The molecule has 3 aliphatic rings. The number of esters is 1. The lowest BCUT2D eigenvalue weighted by molar-refractivity contribution is -0.939. The Bertz CT molecular complexity index is 1070. The van der Waals surface area contributed by atoms with Gasteiger partial charge in [-0.3, -0.25) is 10.1 Å². The molecule has 6 rings (SSSR count). The number of thiophene rings is 2. The van der Waals surface area contributed by atoms with E-state index in [1.54, 1.807) is 22.9 Å². The van der Waals surface area contributed by atoms with Gasteiger partial charge in [0.25, 0.3) is 5.91 Å². The molecule has 0 aromatic carbocycles. The van der Waals surface area contributed by atoms with Gasteiger partial charge in [-0.1, -0.05) is 0 Å². The maximum Gasteiger partial charge on any atom is 0.348 e. The first-order valence-electron chi connectivity index (χ1n) is 10.7. The van der Waals surface area contributed by atoms with Crippen molar-refractivity contribution < 1.29 is 40.9 Å². The molecule has 34 heavy (non-hydrogen) atoms. The quantitative estimate of drug-likeness (QED) is 0.279. The summed E-state index contributed by atoms with van der Waals surface area (Å²) in [5, 5.41) is 21.5. The van der Waals surface area contributed by atoms with Gasteiger partial charge in [0.1, 0.15) is 19.2 Å². The van der Waals surface area contributed by atoms with Gasteiger partial charge < -0.3 is 31.3 Å². The molecule has 0 spiro atoms. The summed E-state index contributed by atoms with van der Waals surface area (Å²) in [4.78, 5) is 37.7. The summed E-state index contributed by atoms with van der Waals surface area (Å²) < 4.78 is 6.55. The Morgan fingerprint density at radius 2 is 1.74 bits per heavy atom. The number of amides is 1. The first kappa shape index (κ1) is 24.9. The van der Waals surface area contributed by atoms with Crippen LogP contribution in [0.3, 0.4) is 0 Å². The van der Waals surface area contributed by atoms with Crippen molar-refractivity contribution in [3.8, 4) is 0 Å². The minimum absolute atomic E-state index is 0. The summed E-state index contributed by atoms with van der Waals surface area (Å²) in [7, 11) is 0. The van der Waals surface area contributed by atoms with Crippen LogP contribution in [-0.4, -0.2) is 68.7 Å². The van der Waals surface area contributed by atoms with E-state index in [2.05, 4.69) is 20.3 Å². The molecule has 0 radical (unpaired) electrons. The van der Waals surface area contributed by atoms with Crippen molar-refractivity contribution in [1.29, 1.82) is 0 Å². The number of halogens is 1. The van der Waals surface area contributed by atoms with Crippen LogP contribution in [0.15, 0.2) is 46.3 Å². The smallest absolute Gasteiger partial charge is 0.348 e. The number of hydrogen-bond acceptors (Lipinski definition) is 9. The molecule has 0 aliphatic carbocycles. The number of ether oxygens (including phenoxy) is 1. The predicted octanol–water partition coefficient (Wildman–Crippen LogP) is -0.975. The van der Waals surface area contributed by atoms with Gasteiger partial charge in [-0.2, -0.15) is 22.7 Å². The molecule has 3 fully saturated rings. The van der Waals surface area contributed by atoms with Crippen molar-refractivity contribution >= 4 is 40.5 Å². The standard InChI is InChI=1S/C22H23N5O4S2.BrH/c28-19(26-21-24-13-23-14-25-21)10-27-5-1-15(2-6-27)18(9-27)31-20(29)22(30,16-3-7-32-11-16)17-4-8-33-12-17;/h3-4,7-8,11-15,18,30H,1-2,5-6,9-10H2;1H/t15?,18-,27?;/m0./s1. The fraction of sp³-hybridized carbons (Fsp3) is 0.409. The number of hydrogen-bond donors (Lipinski definition) is 2. The van der Waals surface area contributed by atoms with Gasteiger partial charge in [0.15, 0.2) is 12.6 Å². The SMILES string of the molecule is O=C(C[N+]12CCC(CC1)[C@@H](OC(=O)C(O)(c1ccsc1)c1ccsc1)C2)Nc1ncncn1.[Br-]. The second kappa shape index (κ2) is 10.2. The Hall–Kier alpha value is -2.25. The summed E-state index contributed by atoms with van der Waals surface area (Å²) in [6, 6.07) is 3.50. The van der Waals surface area contributed by atoms with E-state index >= 15 is 0 Å². The van der Waals surface area contributed by atoms with E-state index in [1.807, 2.05) is 10.8 Å². The molecule has 1 amide bonds. The number of nitrogens with zero attached hydrogens (tertiary/aromatic N) is 4. The van der Waals surface area contributed by atoms with E-state index in [-0.39, 0.29) is 47.4 Å². The first-order chi connectivity index (χ1) is 16.0. The lowest BCUT2D eigenvalue weighted by Crippen LogP contribution is -3.00. The number of aliphatic hydroxyl groups is 1. The van der Waals surface area contributed by atoms with E-state index in [4.69, 9.17) is 4.74 Å². The largest absolute Gasteiger partial charge is 1.00 e. The van der Waals surface area contributed by atoms with Crippen LogP contribution >= 0.6 is 22.7 Å². The number of carbonyl (C=O) groups is 2. The molecule has 6 heterocycles. The molecule has 3 aromatic rings. The van der Waals surface area contributed by atoms with Crippen LogP contribution in [0, 0.1) is 5.92 Å². The van der Waals surface area contributed by atoms with Gasteiger partial charge in [-0.15, -0.1) is 0 Å². The Morgan fingerprint density at radius 3 is 2.29 bits per heavy atom. The van der Waals surface area contributed by atoms with Crippen molar-refractivity contribution in [2.75, 3.05) is 31.5 Å². The van der Waals surface area contributed by atoms with E-state index in [1.165, 1.54) is 35.3 Å². The zero-order valence-electron chi connectivity index (χ0n) is 18.2. The fourth-order valence-electron chi connectivity index (χ4n) is 4.92. The molecule has 3 aliphatic heterocycles. The number of aromatic nitrogens is 3. The van der Waals surface area contributed by atoms with E-state index < -0.39 is 11.6 Å². The van der Waals surface area contributed by atoms with Gasteiger partial charge in [-0.25, -0.2) is 19.7 Å². The Kier molecular flexibility index (Phi) is 7.43. The Balaban J connectivity index is 0.00000274. The van der Waals surface area contributed by atoms with Crippen molar-refractivity contribution in [2.45, 2.75) is 24.5 Å². The van der Waals surface area contributed by atoms with Crippen molar-refractivity contribution in [2.24, 2.45) is 5.92 Å². The monoisotopic (exact) mass is 565 g/mol. The lowest BCUT2D eigenvalue weighted by Gasteiger charge is -2.51. The van der Waals surface area contributed by atoms with Crippen LogP contribution < -0.4 is 22.3 Å². The highest BCUT2D eigenvalue weighted by Crippen LogP contribution is 2.39. The number of piperidine rings is 3. The first-order valence-corrected chi connectivity index (χ1v) is 12.6. The summed E-state index contributed by atoms with van der Waals surface area (Å²) in [5.74, 6) is -0.389. The summed E-state index contributed by atoms with van der Waals surface area (Å²) in [5.41, 5.74) is -0.817. The molecule has 3 aromatic heterocycles. The minimum Gasteiger partial charge on any atom is -1.00 e. The molecule has 180 valence electrons. The number of quaternary nitrogens is 1. The average molecular weight is 567 g/mol. The Morgan fingerprint density at radius 1 is 1.12 bits per heavy atom. The molecule has 0 saturated carbocycles. The van der Waals surface area contributed by atoms with Crippen LogP contribution in [-0.2, 0) is 19.9 Å². The highest BCUT2D eigenvalue weighted by Gasteiger charge is 2.51. The molecule has 9 nitrogen and oxygen atoms in total. The summed E-state index contributed by atoms with van der Waals surface area (Å²) in [6.45, 7) is 2.50. The molecule has 0 unspecified atom stereocenters. The van der Waals surface area contributed by atoms with E-state index in [0.717, 1.165) is 25.9 Å². The lowest BCUT2D eigenvalue weighted by atomic mass is 9.82. The maximum absolute atomic E-state index is 13.4. The zero-order valence-corrected chi connectivity index (χ0v) is 21.4. The summed E-state index contributed by atoms with van der Waals surface area (Å²) in [6.07, 6.45) is 4.05. The minimum atomic E-state index is -1.84. The van der Waals surface area contributed by atoms with Gasteiger partial charge >= 0.3 is 5.97 Å². The van der Waals surface area contributed by atoms with Crippen LogP contribution in [0.1, 0.15) is 24.0 Å². The molecule has 2 N–H and O–H groups in total. The second-order valence-corrected chi connectivity index (χ2v) is 10.2. The number of carbonyl (C=O) groups excluding carboxylic acids is 2.